The third kappa shape index (κ3) is 78.4. The van der Waals surface area contributed by atoms with Crippen LogP contribution in [0.5, 0.6) is 0 Å². The molecule has 0 saturated heterocycles. The Bertz CT molecular complexity index is 340. The Kier molecular flexibility index (Phi) is 37.0. The summed E-state index contributed by atoms with van der Waals surface area (Å²) >= 11 is 0. The number of Topliss-reactive ketones (excluding diaryl/α,β-unsaturated/α-hetero) is 2. The molecule has 0 fully saturated rings. The van der Waals surface area contributed by atoms with Crippen molar-refractivity contribution < 1.29 is 61.3 Å². The molecule has 0 atom stereocenters. The van der Waals surface area contributed by atoms with Crippen molar-refractivity contribution in [2.45, 2.75) is 92.3 Å². The van der Waals surface area contributed by atoms with E-state index in [1.165, 1.54) is 0 Å². The van der Waals surface area contributed by atoms with Crippen LogP contribution < -0.4 is 10.2 Å². The van der Waals surface area contributed by atoms with Gasteiger partial charge in [-0.25, -0.2) is 0 Å². The van der Waals surface area contributed by atoms with Gasteiger partial charge in [0.25, 0.3) is 0 Å². The number of hydrogen-bond donors (Lipinski definition) is 2. The first-order valence-corrected chi connectivity index (χ1v) is 8.59. The average molecular weight is 426 g/mol. The Morgan fingerprint density at radius 1 is 0.704 bits per heavy atom. The van der Waals surface area contributed by atoms with Gasteiger partial charge in [-0.1, -0.05) is 13.8 Å². The molecule has 8 nitrogen and oxygen atoms in total. The van der Waals surface area contributed by atoms with E-state index in [0.717, 1.165) is 0 Å². The number of ketones is 2. The van der Waals surface area contributed by atoms with Crippen molar-refractivity contribution in [1.29, 1.82) is 0 Å². The minimum atomic E-state index is -1.28. The van der Waals surface area contributed by atoms with Gasteiger partial charge in [-0.2, -0.15) is 0 Å². The van der Waals surface area contributed by atoms with Gasteiger partial charge in [-0.15, -0.1) is 0 Å². The van der Waals surface area contributed by atoms with Crippen molar-refractivity contribution in [1.82, 2.24) is 0 Å². The first-order valence-electron chi connectivity index (χ1n) is 8.59. The molecule has 0 aliphatic rings. The topological polar surface area (TPSA) is 155 Å². The molecule has 0 heterocycles. The molecule has 0 amide bonds. The summed E-state index contributed by atoms with van der Waals surface area (Å²) in [6, 6.07) is 0. The number of aliphatic hydroxyl groups excluding tert-OH is 2. The Labute approximate surface area is 177 Å². The predicted octanol–water partition coefficient (Wildman–Crippen LogP) is -0.237. The Hall–Kier alpha value is -1.09. The average Bonchev–Trinajstić information content (AvgIpc) is 2.36. The maximum atomic E-state index is 10.4. The summed E-state index contributed by atoms with van der Waals surface area (Å²) in [5.74, 6) is -3.07. The van der Waals surface area contributed by atoms with Crippen LogP contribution in [0.2, 0.25) is 0 Å². The van der Waals surface area contributed by atoms with Crippen molar-refractivity contribution in [3.8, 4) is 0 Å². The van der Waals surface area contributed by atoms with Gasteiger partial charge in [0.2, 0.25) is 0 Å². The zero-order valence-corrected chi connectivity index (χ0v) is 18.8. The molecule has 2 N–H and O–H groups in total. The number of aliphatic carboxylic acids is 2. The van der Waals surface area contributed by atoms with Crippen LogP contribution in [0, 0.1) is 0 Å². The van der Waals surface area contributed by atoms with Crippen LogP contribution in [0.1, 0.15) is 80.1 Å². The van der Waals surface area contributed by atoms with Crippen molar-refractivity contribution in [2.75, 3.05) is 0 Å². The smallest absolute Gasteiger partial charge is 0.550 e. The Morgan fingerprint density at radius 3 is 1.00 bits per heavy atom. The predicted molar refractivity (Wildman–Crippen MR) is 93.8 cm³/mol. The molecule has 0 rings (SSSR count). The van der Waals surface area contributed by atoms with E-state index in [2.05, 4.69) is 0 Å². The molecule has 9 heteroatoms. The maximum Gasteiger partial charge on any atom is 2.00 e. The first kappa shape index (κ1) is 36.8. The van der Waals surface area contributed by atoms with Crippen LogP contribution in [0.25, 0.3) is 0 Å². The van der Waals surface area contributed by atoms with Crippen molar-refractivity contribution in [2.24, 2.45) is 0 Å². The summed E-state index contributed by atoms with van der Waals surface area (Å²) in [7, 11) is 0. The van der Waals surface area contributed by atoms with Gasteiger partial charge in [-0.3, -0.25) is 9.59 Å². The number of carboxylic acid groups (broad SMARTS) is 2. The summed E-state index contributed by atoms with van der Waals surface area (Å²) in [5.41, 5.74) is 0. The molecule has 0 aliphatic carbocycles. The van der Waals surface area contributed by atoms with Gasteiger partial charge in [0.15, 0.2) is 0 Å². The number of carbonyl (C=O) groups is 4. The summed E-state index contributed by atoms with van der Waals surface area (Å²) in [6.07, 6.45) is 0.877. The standard InChI is InChI=1S/2C6H10O3.2C3H8O.Ti/c2*1-2-3-5(7)4-6(8)9;2*1-3(2)4;/h2*2-4H2,1H3,(H,8,9);2*3-4H,1-2H3;/q;;;;+2/p-2. The first-order chi connectivity index (χ1) is 11.8. The zero-order valence-electron chi connectivity index (χ0n) is 17.2. The van der Waals surface area contributed by atoms with E-state index < -0.39 is 24.8 Å². The minimum absolute atomic E-state index is 0. The van der Waals surface area contributed by atoms with Crippen LogP contribution in [0.3, 0.4) is 0 Å². The number of hydrogen-bond acceptors (Lipinski definition) is 8. The monoisotopic (exact) mass is 426 g/mol. The zero-order chi connectivity index (χ0) is 21.7. The molecule has 0 aliphatic heterocycles. The van der Waals surface area contributed by atoms with Crippen LogP contribution >= 0.6 is 0 Å². The molecular weight excluding hydrogens is 392 g/mol. The van der Waals surface area contributed by atoms with Gasteiger partial charge in [0, 0.05) is 49.8 Å². The largest absolute Gasteiger partial charge is 2.00 e. The summed E-state index contributed by atoms with van der Waals surface area (Å²) < 4.78 is 0. The number of carbonyl (C=O) groups excluding carboxylic acids is 4. The van der Waals surface area contributed by atoms with Gasteiger partial charge >= 0.3 is 21.7 Å². The second-order valence-electron chi connectivity index (χ2n) is 5.86. The van der Waals surface area contributed by atoms with E-state index in [-0.39, 0.29) is 45.5 Å². The van der Waals surface area contributed by atoms with Crippen LogP contribution in [-0.2, 0) is 40.9 Å². The third-order valence-corrected chi connectivity index (χ3v) is 1.74. The SMILES string of the molecule is CC(C)O.CC(C)O.CCCC(=O)CC(=O)[O-].CCCC(=O)CC(=O)[O-].[Ti+2]. The number of aliphatic hydroxyl groups is 2. The normalized spacial score (nSPS) is 8.67. The molecule has 0 aromatic heterocycles. The molecule has 0 unspecified atom stereocenters. The Morgan fingerprint density at radius 2 is 0.889 bits per heavy atom. The molecule has 0 bridgehead atoms. The molecule has 27 heavy (non-hydrogen) atoms. The van der Waals surface area contributed by atoms with E-state index in [0.29, 0.717) is 25.7 Å². The van der Waals surface area contributed by atoms with Crippen molar-refractivity contribution >= 4 is 23.5 Å². The van der Waals surface area contributed by atoms with Crippen LogP contribution in [0.4, 0.5) is 0 Å². The number of rotatable bonds is 8. The molecule has 0 saturated carbocycles. The molecule has 158 valence electrons. The van der Waals surface area contributed by atoms with Crippen LogP contribution in [-0.4, -0.2) is 45.9 Å². The summed E-state index contributed by atoms with van der Waals surface area (Å²) in [5, 5.41) is 35.6. The number of carboxylic acids is 2. The molecule has 0 radical (unpaired) electrons. The quantitative estimate of drug-likeness (QED) is 0.398. The minimum Gasteiger partial charge on any atom is -0.550 e. The van der Waals surface area contributed by atoms with E-state index in [1.807, 2.05) is 13.8 Å². The third-order valence-electron chi connectivity index (χ3n) is 1.74. The molecule has 0 aromatic carbocycles. The van der Waals surface area contributed by atoms with E-state index in [9.17, 15) is 29.4 Å². The van der Waals surface area contributed by atoms with Gasteiger partial charge in [-0.05, 0) is 40.5 Å². The second-order valence-corrected chi connectivity index (χ2v) is 5.86. The van der Waals surface area contributed by atoms with Crippen molar-refractivity contribution in [3.63, 3.8) is 0 Å². The molecule has 0 spiro atoms. The Balaban J connectivity index is -0.0000000843. The van der Waals surface area contributed by atoms with Gasteiger partial charge in [0.05, 0.1) is 0 Å². The van der Waals surface area contributed by atoms with Gasteiger partial charge in [0.1, 0.15) is 11.6 Å². The molecule has 0 aromatic rings. The van der Waals surface area contributed by atoms with E-state index in [1.54, 1.807) is 27.7 Å². The fraction of sp³-hybridized carbons (Fsp3) is 0.778. The summed E-state index contributed by atoms with van der Waals surface area (Å²) in [6.45, 7) is 10.5. The maximum absolute atomic E-state index is 10.4. The van der Waals surface area contributed by atoms with E-state index >= 15 is 0 Å². The summed E-state index contributed by atoms with van der Waals surface area (Å²) in [4.78, 5) is 40.4. The fourth-order valence-corrected chi connectivity index (χ4v) is 1.06. The van der Waals surface area contributed by atoms with E-state index in [4.69, 9.17) is 10.2 Å². The molecular formula is C18H34O8Ti. The van der Waals surface area contributed by atoms with Crippen molar-refractivity contribution in [3.05, 3.63) is 0 Å². The van der Waals surface area contributed by atoms with Gasteiger partial charge < -0.3 is 30.0 Å². The van der Waals surface area contributed by atoms with Crippen LogP contribution in [0.15, 0.2) is 0 Å². The second kappa shape index (κ2) is 27.1. The fourth-order valence-electron chi connectivity index (χ4n) is 1.06.